The van der Waals surface area contributed by atoms with E-state index in [4.69, 9.17) is 15.2 Å². The van der Waals surface area contributed by atoms with Gasteiger partial charge in [0, 0.05) is 13.2 Å². The minimum absolute atomic E-state index is 0.191. The summed E-state index contributed by atoms with van der Waals surface area (Å²) in [6.45, 7) is 0.790. The van der Waals surface area contributed by atoms with Crippen LogP contribution in [-0.4, -0.2) is 25.3 Å². The van der Waals surface area contributed by atoms with Crippen LogP contribution in [-0.2, 0) is 4.74 Å². The van der Waals surface area contributed by atoms with Crippen molar-refractivity contribution in [3.8, 4) is 5.88 Å². The van der Waals surface area contributed by atoms with Crippen molar-refractivity contribution in [3.63, 3.8) is 0 Å². The number of methoxy groups -OCH3 is 1. The van der Waals surface area contributed by atoms with Gasteiger partial charge in [-0.1, -0.05) is 0 Å². The summed E-state index contributed by atoms with van der Waals surface area (Å²) in [4.78, 5) is 3.67. The molecule has 5 heteroatoms. The van der Waals surface area contributed by atoms with Crippen molar-refractivity contribution in [3.05, 3.63) is 18.1 Å². The average molecular weight is 186 g/mol. The molecule has 0 aliphatic rings. The number of anilines is 1. The van der Waals surface area contributed by atoms with E-state index in [2.05, 4.69) is 4.98 Å². The summed E-state index contributed by atoms with van der Waals surface area (Å²) in [5.74, 6) is -0.241. The van der Waals surface area contributed by atoms with Crippen LogP contribution in [0.2, 0.25) is 0 Å². The molecule has 0 unspecified atom stereocenters. The van der Waals surface area contributed by atoms with E-state index in [9.17, 15) is 4.39 Å². The number of aromatic nitrogens is 1. The third-order valence-corrected chi connectivity index (χ3v) is 1.37. The first kappa shape index (κ1) is 9.73. The molecule has 0 saturated heterocycles. The van der Waals surface area contributed by atoms with E-state index in [1.165, 1.54) is 0 Å². The number of pyridine rings is 1. The molecule has 0 aliphatic carbocycles. The van der Waals surface area contributed by atoms with E-state index in [1.54, 1.807) is 7.11 Å². The van der Waals surface area contributed by atoms with Crippen molar-refractivity contribution in [1.29, 1.82) is 0 Å². The fourth-order valence-electron chi connectivity index (χ4n) is 0.785. The first-order chi connectivity index (χ1) is 6.24. The van der Waals surface area contributed by atoms with Crippen LogP contribution in [0.15, 0.2) is 12.3 Å². The maximum Gasteiger partial charge on any atom is 0.237 e. The summed E-state index contributed by atoms with van der Waals surface area (Å²) in [6.07, 6.45) is 1.05. The van der Waals surface area contributed by atoms with Crippen LogP contribution in [0.5, 0.6) is 5.88 Å². The van der Waals surface area contributed by atoms with Crippen molar-refractivity contribution in [2.45, 2.75) is 0 Å². The summed E-state index contributed by atoms with van der Waals surface area (Å²) in [6, 6.07) is 1.16. The highest BCUT2D eigenvalue weighted by molar-refractivity contribution is 5.47. The van der Waals surface area contributed by atoms with Crippen LogP contribution in [0.1, 0.15) is 0 Å². The standard InChI is InChI=1S/C8H11FN2O2/c1-12-2-3-13-8-7(10)4-6(9)5-11-8/h4-5H,2-3,10H2,1H3. The zero-order chi connectivity index (χ0) is 9.68. The molecule has 72 valence electrons. The summed E-state index contributed by atoms with van der Waals surface area (Å²) in [7, 11) is 1.56. The summed E-state index contributed by atoms with van der Waals surface area (Å²) in [5, 5.41) is 0. The molecule has 1 aromatic rings. The van der Waals surface area contributed by atoms with Gasteiger partial charge < -0.3 is 15.2 Å². The lowest BCUT2D eigenvalue weighted by molar-refractivity contribution is 0.144. The molecule has 4 nitrogen and oxygen atoms in total. The Morgan fingerprint density at radius 2 is 2.31 bits per heavy atom. The Morgan fingerprint density at radius 1 is 1.54 bits per heavy atom. The molecule has 1 rings (SSSR count). The molecule has 1 heterocycles. The Hall–Kier alpha value is -1.36. The smallest absolute Gasteiger partial charge is 0.237 e. The third-order valence-electron chi connectivity index (χ3n) is 1.37. The maximum absolute atomic E-state index is 12.5. The van der Waals surface area contributed by atoms with Gasteiger partial charge in [0.2, 0.25) is 5.88 Å². The highest BCUT2D eigenvalue weighted by atomic mass is 19.1. The van der Waals surface area contributed by atoms with Gasteiger partial charge in [-0.3, -0.25) is 0 Å². The van der Waals surface area contributed by atoms with Gasteiger partial charge in [-0.15, -0.1) is 0 Å². The molecular weight excluding hydrogens is 175 g/mol. The van der Waals surface area contributed by atoms with Gasteiger partial charge in [-0.2, -0.15) is 0 Å². The van der Waals surface area contributed by atoms with Crippen molar-refractivity contribution in [2.75, 3.05) is 26.1 Å². The van der Waals surface area contributed by atoms with Gasteiger partial charge in [0.1, 0.15) is 12.4 Å². The van der Waals surface area contributed by atoms with Crippen LogP contribution in [0.25, 0.3) is 0 Å². The maximum atomic E-state index is 12.5. The zero-order valence-corrected chi connectivity index (χ0v) is 7.29. The van der Waals surface area contributed by atoms with E-state index in [0.29, 0.717) is 13.2 Å². The molecule has 0 aliphatic heterocycles. The molecule has 0 bridgehead atoms. The fourth-order valence-corrected chi connectivity index (χ4v) is 0.785. The molecule has 2 N–H and O–H groups in total. The lowest BCUT2D eigenvalue weighted by Crippen LogP contribution is -2.07. The lowest BCUT2D eigenvalue weighted by Gasteiger charge is -2.06. The number of hydrogen-bond donors (Lipinski definition) is 1. The number of nitrogens with two attached hydrogens (primary N) is 1. The predicted molar refractivity (Wildman–Crippen MR) is 46.0 cm³/mol. The monoisotopic (exact) mass is 186 g/mol. The van der Waals surface area contributed by atoms with E-state index >= 15 is 0 Å². The van der Waals surface area contributed by atoms with E-state index in [-0.39, 0.29) is 11.6 Å². The first-order valence-electron chi connectivity index (χ1n) is 3.77. The number of halogens is 1. The quantitative estimate of drug-likeness (QED) is 0.707. The molecule has 0 saturated carbocycles. The minimum Gasteiger partial charge on any atom is -0.474 e. The van der Waals surface area contributed by atoms with Crippen molar-refractivity contribution in [1.82, 2.24) is 4.98 Å². The van der Waals surface area contributed by atoms with Crippen molar-refractivity contribution in [2.24, 2.45) is 0 Å². The predicted octanol–water partition coefficient (Wildman–Crippen LogP) is 0.828. The van der Waals surface area contributed by atoms with Gasteiger partial charge >= 0.3 is 0 Å². The second kappa shape index (κ2) is 4.61. The Labute approximate surface area is 75.5 Å². The zero-order valence-electron chi connectivity index (χ0n) is 7.29. The van der Waals surface area contributed by atoms with E-state index in [0.717, 1.165) is 12.3 Å². The van der Waals surface area contributed by atoms with Gasteiger partial charge in [0.15, 0.2) is 0 Å². The Balaban J connectivity index is 2.56. The minimum atomic E-state index is -0.475. The highest BCUT2D eigenvalue weighted by Crippen LogP contribution is 2.17. The van der Waals surface area contributed by atoms with Crippen molar-refractivity contribution >= 4 is 5.69 Å². The van der Waals surface area contributed by atoms with Crippen LogP contribution in [0.4, 0.5) is 10.1 Å². The third kappa shape index (κ3) is 2.87. The number of ether oxygens (including phenoxy) is 2. The highest BCUT2D eigenvalue weighted by Gasteiger charge is 2.02. The number of nitrogen functional groups attached to an aromatic ring is 1. The number of rotatable bonds is 4. The molecule has 1 aromatic heterocycles. The van der Waals surface area contributed by atoms with Gasteiger partial charge in [-0.05, 0) is 0 Å². The molecule has 0 aromatic carbocycles. The second-order valence-corrected chi connectivity index (χ2v) is 2.39. The van der Waals surface area contributed by atoms with Crippen LogP contribution in [0.3, 0.4) is 0 Å². The molecule has 0 amide bonds. The number of nitrogens with zero attached hydrogens (tertiary/aromatic N) is 1. The Kier molecular flexibility index (Phi) is 3.45. The van der Waals surface area contributed by atoms with Crippen molar-refractivity contribution < 1.29 is 13.9 Å². The van der Waals surface area contributed by atoms with Gasteiger partial charge in [-0.25, -0.2) is 9.37 Å². The van der Waals surface area contributed by atoms with Gasteiger partial charge in [0.05, 0.1) is 18.5 Å². The first-order valence-corrected chi connectivity index (χ1v) is 3.77. The van der Waals surface area contributed by atoms with E-state index in [1.807, 2.05) is 0 Å². The lowest BCUT2D eigenvalue weighted by atomic mass is 10.4. The number of hydrogen-bond acceptors (Lipinski definition) is 4. The average Bonchev–Trinajstić information content (AvgIpc) is 2.09. The molecule has 0 spiro atoms. The molecule has 0 fully saturated rings. The Morgan fingerprint density at radius 3 is 2.92 bits per heavy atom. The Bertz CT molecular complexity index is 281. The largest absolute Gasteiger partial charge is 0.474 e. The van der Waals surface area contributed by atoms with E-state index < -0.39 is 5.82 Å². The summed E-state index contributed by atoms with van der Waals surface area (Å²) in [5.41, 5.74) is 5.63. The summed E-state index contributed by atoms with van der Waals surface area (Å²) >= 11 is 0. The SMILES string of the molecule is COCCOc1ncc(F)cc1N. The molecule has 0 atom stereocenters. The van der Waals surface area contributed by atoms with Crippen LogP contribution >= 0.6 is 0 Å². The topological polar surface area (TPSA) is 57.4 Å². The summed E-state index contributed by atoms with van der Waals surface area (Å²) < 4.78 is 22.4. The fraction of sp³-hybridized carbons (Fsp3) is 0.375. The molecule has 13 heavy (non-hydrogen) atoms. The second-order valence-electron chi connectivity index (χ2n) is 2.39. The van der Waals surface area contributed by atoms with Crippen LogP contribution in [0, 0.1) is 5.82 Å². The normalized spacial score (nSPS) is 10.0. The molecular formula is C8H11FN2O2. The molecule has 0 radical (unpaired) electrons. The van der Waals surface area contributed by atoms with Crippen LogP contribution < -0.4 is 10.5 Å². The van der Waals surface area contributed by atoms with Gasteiger partial charge in [0.25, 0.3) is 0 Å².